The van der Waals surface area contributed by atoms with Gasteiger partial charge < -0.3 is 14.8 Å². The van der Waals surface area contributed by atoms with Crippen LogP contribution in [-0.2, 0) is 11.4 Å². The monoisotopic (exact) mass is 490 g/mol. The van der Waals surface area contributed by atoms with Gasteiger partial charge in [-0.1, -0.05) is 46.3 Å². The molecule has 0 aliphatic heterocycles. The number of halogens is 1. The minimum absolute atomic E-state index is 0.0371. The minimum atomic E-state index is -0.488. The van der Waals surface area contributed by atoms with E-state index in [2.05, 4.69) is 21.2 Å². The molecule has 0 unspecified atom stereocenters. The highest BCUT2D eigenvalue weighted by molar-refractivity contribution is 9.10. The lowest BCUT2D eigenvalue weighted by Gasteiger charge is -2.14. The Morgan fingerprint density at radius 2 is 1.84 bits per heavy atom. The summed E-state index contributed by atoms with van der Waals surface area (Å²) in [4.78, 5) is 12.7. The zero-order valence-electron chi connectivity index (χ0n) is 18.1. The van der Waals surface area contributed by atoms with Crippen LogP contribution in [0.4, 0.5) is 5.69 Å². The van der Waals surface area contributed by atoms with Crippen molar-refractivity contribution in [1.29, 1.82) is 5.26 Å². The van der Waals surface area contributed by atoms with Crippen LogP contribution in [-0.4, -0.2) is 13.0 Å². The standard InChI is InChI=1S/C26H23BrN2O3/c1-17-7-12-23(13-18(17)2)29-26(30)21(15-28)14-20-5-4-6-24(31-3)25(20)32-16-19-8-10-22(27)11-9-19/h4-14H,16H2,1-3H3,(H,29,30)/b21-14-. The van der Waals surface area contributed by atoms with E-state index in [-0.39, 0.29) is 5.57 Å². The Morgan fingerprint density at radius 1 is 1.09 bits per heavy atom. The fraction of sp³-hybridized carbons (Fsp3) is 0.154. The number of nitrogens with one attached hydrogen (secondary N) is 1. The number of hydrogen-bond acceptors (Lipinski definition) is 4. The highest BCUT2D eigenvalue weighted by Crippen LogP contribution is 2.33. The minimum Gasteiger partial charge on any atom is -0.493 e. The van der Waals surface area contributed by atoms with Gasteiger partial charge in [-0.2, -0.15) is 5.26 Å². The van der Waals surface area contributed by atoms with Gasteiger partial charge in [-0.05, 0) is 66.9 Å². The lowest BCUT2D eigenvalue weighted by atomic mass is 10.1. The molecule has 0 bridgehead atoms. The second kappa shape index (κ2) is 10.7. The zero-order valence-corrected chi connectivity index (χ0v) is 19.7. The molecule has 32 heavy (non-hydrogen) atoms. The molecule has 0 aliphatic rings. The molecule has 0 saturated heterocycles. The molecule has 0 atom stereocenters. The molecule has 1 N–H and O–H groups in total. The van der Waals surface area contributed by atoms with E-state index in [1.807, 2.05) is 62.4 Å². The van der Waals surface area contributed by atoms with Crippen molar-refractivity contribution in [1.82, 2.24) is 0 Å². The number of methoxy groups -OCH3 is 1. The first-order chi connectivity index (χ1) is 15.4. The number of aryl methyl sites for hydroxylation is 2. The Morgan fingerprint density at radius 3 is 2.50 bits per heavy atom. The van der Waals surface area contributed by atoms with E-state index in [9.17, 15) is 10.1 Å². The number of rotatable bonds is 7. The number of nitrogens with zero attached hydrogens (tertiary/aromatic N) is 1. The molecular weight excluding hydrogens is 468 g/mol. The maximum absolute atomic E-state index is 12.7. The molecule has 6 heteroatoms. The molecule has 3 rings (SSSR count). The van der Waals surface area contributed by atoms with Gasteiger partial charge in [0.1, 0.15) is 18.2 Å². The van der Waals surface area contributed by atoms with Crippen molar-refractivity contribution in [3.8, 4) is 17.6 Å². The van der Waals surface area contributed by atoms with Crippen molar-refractivity contribution < 1.29 is 14.3 Å². The van der Waals surface area contributed by atoms with Crippen LogP contribution < -0.4 is 14.8 Å². The third kappa shape index (κ3) is 5.77. The van der Waals surface area contributed by atoms with Crippen molar-refractivity contribution in [3.05, 3.63) is 93.0 Å². The highest BCUT2D eigenvalue weighted by Gasteiger charge is 2.15. The first kappa shape index (κ1) is 23.1. The molecule has 0 aliphatic carbocycles. The normalized spacial score (nSPS) is 10.9. The summed E-state index contributed by atoms with van der Waals surface area (Å²) in [6.45, 7) is 4.28. The van der Waals surface area contributed by atoms with Crippen LogP contribution in [0.15, 0.2) is 70.7 Å². The van der Waals surface area contributed by atoms with E-state index >= 15 is 0 Å². The van der Waals surface area contributed by atoms with Crippen LogP contribution in [0.5, 0.6) is 11.5 Å². The van der Waals surface area contributed by atoms with Crippen molar-refractivity contribution in [3.63, 3.8) is 0 Å². The average Bonchev–Trinajstić information content (AvgIpc) is 2.79. The van der Waals surface area contributed by atoms with Crippen LogP contribution in [0.25, 0.3) is 6.08 Å². The van der Waals surface area contributed by atoms with Crippen LogP contribution in [0, 0.1) is 25.2 Å². The summed E-state index contributed by atoms with van der Waals surface area (Å²) in [7, 11) is 1.55. The van der Waals surface area contributed by atoms with E-state index in [1.54, 1.807) is 25.3 Å². The van der Waals surface area contributed by atoms with Crippen molar-refractivity contribution in [2.45, 2.75) is 20.5 Å². The Hall–Kier alpha value is -3.56. The smallest absolute Gasteiger partial charge is 0.266 e. The summed E-state index contributed by atoms with van der Waals surface area (Å²) in [6.07, 6.45) is 1.51. The first-order valence-corrected chi connectivity index (χ1v) is 10.7. The number of nitriles is 1. The van der Waals surface area contributed by atoms with Gasteiger partial charge in [0.15, 0.2) is 11.5 Å². The summed E-state index contributed by atoms with van der Waals surface area (Å²) in [5.74, 6) is 0.491. The first-order valence-electron chi connectivity index (χ1n) is 9.96. The van der Waals surface area contributed by atoms with Crippen LogP contribution in [0.3, 0.4) is 0 Å². The molecule has 0 saturated carbocycles. The number of amides is 1. The topological polar surface area (TPSA) is 71.3 Å². The summed E-state index contributed by atoms with van der Waals surface area (Å²) >= 11 is 3.42. The largest absolute Gasteiger partial charge is 0.493 e. The Bertz CT molecular complexity index is 1190. The highest BCUT2D eigenvalue weighted by atomic mass is 79.9. The van der Waals surface area contributed by atoms with E-state index in [4.69, 9.17) is 9.47 Å². The number of ether oxygens (including phenoxy) is 2. The molecule has 1 amide bonds. The Kier molecular flexibility index (Phi) is 7.69. The molecule has 0 aromatic heterocycles. The molecule has 3 aromatic carbocycles. The van der Waals surface area contributed by atoms with Gasteiger partial charge in [0.25, 0.3) is 5.91 Å². The van der Waals surface area contributed by atoms with Gasteiger partial charge in [-0.15, -0.1) is 0 Å². The van der Waals surface area contributed by atoms with Gasteiger partial charge in [-0.25, -0.2) is 0 Å². The van der Waals surface area contributed by atoms with Gasteiger partial charge in [-0.3, -0.25) is 4.79 Å². The summed E-state index contributed by atoms with van der Waals surface area (Å²) in [5.41, 5.74) is 4.33. The van der Waals surface area contributed by atoms with Gasteiger partial charge >= 0.3 is 0 Å². The van der Waals surface area contributed by atoms with E-state index in [1.165, 1.54) is 6.08 Å². The number of anilines is 1. The molecule has 3 aromatic rings. The fourth-order valence-electron chi connectivity index (χ4n) is 3.02. The molecule has 5 nitrogen and oxygen atoms in total. The van der Waals surface area contributed by atoms with Crippen molar-refractivity contribution in [2.24, 2.45) is 0 Å². The molecular formula is C26H23BrN2O3. The van der Waals surface area contributed by atoms with E-state index in [0.717, 1.165) is 21.2 Å². The third-order valence-corrected chi connectivity index (χ3v) is 5.48. The third-order valence-electron chi connectivity index (χ3n) is 4.96. The number of carbonyl (C=O) groups is 1. The van der Waals surface area contributed by atoms with Crippen LogP contribution >= 0.6 is 15.9 Å². The Balaban J connectivity index is 1.87. The molecule has 0 fully saturated rings. The SMILES string of the molecule is COc1cccc(/C=C(/C#N)C(=O)Nc2ccc(C)c(C)c2)c1OCc1ccc(Br)cc1. The molecule has 0 radical (unpaired) electrons. The summed E-state index contributed by atoms with van der Waals surface area (Å²) < 4.78 is 12.5. The second-order valence-electron chi connectivity index (χ2n) is 7.22. The van der Waals surface area contributed by atoms with E-state index < -0.39 is 5.91 Å². The van der Waals surface area contributed by atoms with Crippen LogP contribution in [0.2, 0.25) is 0 Å². The van der Waals surface area contributed by atoms with E-state index in [0.29, 0.717) is 29.4 Å². The average molecular weight is 491 g/mol. The lowest BCUT2D eigenvalue weighted by Crippen LogP contribution is -2.13. The van der Waals surface area contributed by atoms with Crippen molar-refractivity contribution >= 4 is 33.6 Å². The Labute approximate surface area is 196 Å². The number of hydrogen-bond donors (Lipinski definition) is 1. The zero-order chi connectivity index (χ0) is 23.1. The summed E-state index contributed by atoms with van der Waals surface area (Å²) in [5, 5.41) is 12.4. The second-order valence-corrected chi connectivity index (χ2v) is 8.13. The van der Waals surface area contributed by atoms with Gasteiger partial charge in [0, 0.05) is 15.7 Å². The van der Waals surface area contributed by atoms with Gasteiger partial charge in [0.05, 0.1) is 7.11 Å². The molecule has 0 heterocycles. The van der Waals surface area contributed by atoms with Crippen molar-refractivity contribution in [2.75, 3.05) is 12.4 Å². The fourth-order valence-corrected chi connectivity index (χ4v) is 3.28. The molecule has 0 spiro atoms. The number of para-hydroxylation sites is 1. The molecule has 162 valence electrons. The maximum Gasteiger partial charge on any atom is 0.266 e. The predicted molar refractivity (Wildman–Crippen MR) is 130 cm³/mol. The number of benzene rings is 3. The maximum atomic E-state index is 12.7. The van der Waals surface area contributed by atoms with Crippen LogP contribution in [0.1, 0.15) is 22.3 Å². The summed E-state index contributed by atoms with van der Waals surface area (Å²) in [6, 6.07) is 20.7. The van der Waals surface area contributed by atoms with Gasteiger partial charge in [0.2, 0.25) is 0 Å². The predicted octanol–water partition coefficient (Wildman–Crippen LogP) is 6.20. The lowest BCUT2D eigenvalue weighted by molar-refractivity contribution is -0.112. The number of carbonyl (C=O) groups excluding carboxylic acids is 1. The quantitative estimate of drug-likeness (QED) is 0.316.